The fraction of sp³-hybridized carbons (Fsp3) is 0.0938. The van der Waals surface area contributed by atoms with E-state index in [9.17, 15) is 0 Å². The zero-order valence-electron chi connectivity index (χ0n) is 36.7. The van der Waals surface area contributed by atoms with E-state index in [-0.39, 0.29) is 5.41 Å². The fourth-order valence-electron chi connectivity index (χ4n) is 11.9. The monoisotopic (exact) mass is 829 g/mol. The molecule has 4 aliphatic carbocycles. The molecular weight excluding hydrogens is 783 g/mol. The highest BCUT2D eigenvalue weighted by Gasteiger charge is 2.52. The lowest BCUT2D eigenvalue weighted by Crippen LogP contribution is -2.26. The molecule has 65 heavy (non-hydrogen) atoms. The zero-order chi connectivity index (χ0) is 43.3. The first-order valence-electron chi connectivity index (χ1n) is 23.1. The number of rotatable bonds is 6. The smallest absolute Gasteiger partial charge is 0.0726 e. The molecule has 0 N–H and O–H groups in total. The number of fused-ring (bicyclic) bond motifs is 13. The molecule has 4 aliphatic rings. The molecule has 0 radical (unpaired) electrons. The van der Waals surface area contributed by atoms with E-state index < -0.39 is 5.41 Å². The molecule has 1 atom stereocenters. The summed E-state index contributed by atoms with van der Waals surface area (Å²) in [4.78, 5) is 2.51. The molecule has 0 fully saturated rings. The van der Waals surface area contributed by atoms with E-state index in [1.807, 2.05) is 0 Å². The molecular formula is C64H47N. The second-order valence-corrected chi connectivity index (χ2v) is 18.7. The van der Waals surface area contributed by atoms with Crippen molar-refractivity contribution in [3.63, 3.8) is 0 Å². The van der Waals surface area contributed by atoms with Gasteiger partial charge in [0.15, 0.2) is 0 Å². The van der Waals surface area contributed by atoms with Crippen LogP contribution in [0, 0.1) is 0 Å². The van der Waals surface area contributed by atoms with Crippen molar-refractivity contribution in [2.75, 3.05) is 4.90 Å². The molecule has 9 aromatic carbocycles. The Hall–Kier alpha value is -7.74. The van der Waals surface area contributed by atoms with Crippen LogP contribution in [0.2, 0.25) is 0 Å². The molecule has 1 spiro atoms. The van der Waals surface area contributed by atoms with Crippen LogP contribution in [-0.2, 0) is 10.8 Å². The van der Waals surface area contributed by atoms with Gasteiger partial charge in [-0.3, -0.25) is 0 Å². The maximum atomic E-state index is 2.53. The lowest BCUT2D eigenvalue weighted by Gasteiger charge is -2.33. The van der Waals surface area contributed by atoms with Crippen LogP contribution in [0.5, 0.6) is 0 Å². The predicted molar refractivity (Wildman–Crippen MR) is 272 cm³/mol. The van der Waals surface area contributed by atoms with E-state index in [4.69, 9.17) is 0 Å². The Balaban J connectivity index is 1.03. The molecule has 1 nitrogen and oxygen atoms in total. The van der Waals surface area contributed by atoms with Crippen LogP contribution in [0.25, 0.3) is 61.2 Å². The number of allylic oxidation sites excluding steroid dienone is 4. The summed E-state index contributed by atoms with van der Waals surface area (Å²) in [5, 5.41) is 0. The van der Waals surface area contributed by atoms with Crippen LogP contribution >= 0.6 is 0 Å². The Bertz CT molecular complexity index is 3430. The second-order valence-electron chi connectivity index (χ2n) is 18.7. The summed E-state index contributed by atoms with van der Waals surface area (Å²) in [5.41, 5.74) is 26.4. The third kappa shape index (κ3) is 5.58. The number of benzene rings is 9. The molecule has 1 heteroatoms. The summed E-state index contributed by atoms with van der Waals surface area (Å²) in [7, 11) is 0. The number of nitrogens with zero attached hydrogens (tertiary/aromatic N) is 1. The lowest BCUT2D eigenvalue weighted by molar-refractivity contribution is 0.654. The normalized spacial score (nSPS) is 16.7. The van der Waals surface area contributed by atoms with Crippen molar-refractivity contribution >= 4 is 22.6 Å². The van der Waals surface area contributed by atoms with E-state index in [1.165, 1.54) is 106 Å². The molecule has 0 heterocycles. The molecule has 0 bridgehead atoms. The van der Waals surface area contributed by atoms with Crippen molar-refractivity contribution in [3.8, 4) is 55.6 Å². The first kappa shape index (κ1) is 37.8. The Morgan fingerprint density at radius 3 is 1.45 bits per heavy atom. The molecule has 0 aliphatic heterocycles. The standard InChI is InChI=1S/C64H47N/c1-63(2)57-25-12-9-22-51(57)54-36-33-49(40-60(54)63)65(48-21-15-20-46(38-48)43-18-7-4-8-19-43)50-34-37-56-53-24-11-14-27-59(53)64(62(56)41-50)58-26-13-10-23-52(58)55-35-32-47(39-61(55)64)45-30-28-44(29-31-45)42-16-5-3-6-17-42/h3-8,10-11,13-41H,9,12H2,1-2H3. The fourth-order valence-corrected chi connectivity index (χ4v) is 11.9. The highest BCUT2D eigenvalue weighted by molar-refractivity contribution is 5.98. The van der Waals surface area contributed by atoms with Gasteiger partial charge >= 0.3 is 0 Å². The van der Waals surface area contributed by atoms with Gasteiger partial charge in [0, 0.05) is 22.5 Å². The molecule has 0 amide bonds. The van der Waals surface area contributed by atoms with Crippen LogP contribution < -0.4 is 4.90 Å². The van der Waals surface area contributed by atoms with Crippen molar-refractivity contribution in [3.05, 3.63) is 263 Å². The van der Waals surface area contributed by atoms with Crippen LogP contribution in [0.15, 0.2) is 230 Å². The summed E-state index contributed by atoms with van der Waals surface area (Å²) in [6, 6.07) is 79.7. The number of anilines is 3. The van der Waals surface area contributed by atoms with E-state index in [0.29, 0.717) is 0 Å². The minimum atomic E-state index is -0.514. The average Bonchev–Trinajstić information content (AvgIpc) is 3.92. The maximum Gasteiger partial charge on any atom is 0.0726 e. The van der Waals surface area contributed by atoms with Gasteiger partial charge in [-0.05, 0) is 155 Å². The first-order valence-corrected chi connectivity index (χ1v) is 23.1. The number of hydrogen-bond acceptors (Lipinski definition) is 1. The molecule has 308 valence electrons. The molecule has 13 rings (SSSR count). The predicted octanol–water partition coefficient (Wildman–Crippen LogP) is 16.9. The highest BCUT2D eigenvalue weighted by Crippen LogP contribution is 2.64. The molecule has 1 unspecified atom stereocenters. The summed E-state index contributed by atoms with van der Waals surface area (Å²) in [6.07, 6.45) is 7.15. The van der Waals surface area contributed by atoms with Crippen LogP contribution in [0.4, 0.5) is 17.1 Å². The van der Waals surface area contributed by atoms with Crippen molar-refractivity contribution in [2.45, 2.75) is 37.5 Å². The van der Waals surface area contributed by atoms with Crippen LogP contribution in [0.1, 0.15) is 60.1 Å². The van der Waals surface area contributed by atoms with E-state index in [2.05, 4.69) is 243 Å². The third-order valence-electron chi connectivity index (χ3n) is 14.9. The van der Waals surface area contributed by atoms with Crippen LogP contribution in [0.3, 0.4) is 0 Å². The quantitative estimate of drug-likeness (QED) is 0.161. The average molecular weight is 830 g/mol. The van der Waals surface area contributed by atoms with Crippen molar-refractivity contribution in [2.24, 2.45) is 0 Å². The summed E-state index contributed by atoms with van der Waals surface area (Å²) < 4.78 is 0. The SMILES string of the molecule is CC1(C)C2=CCCC=C2c2ccc(N(c3cccc(-c4ccccc4)c3)c3ccc4c(c3)C3(c5ccccc5-c5ccc(-c6ccc(-c7ccccc7)cc6)cc53)c3ccccc3-4)cc21. The minimum Gasteiger partial charge on any atom is -0.310 e. The largest absolute Gasteiger partial charge is 0.310 e. The van der Waals surface area contributed by atoms with Gasteiger partial charge in [0.05, 0.1) is 5.41 Å². The van der Waals surface area contributed by atoms with Gasteiger partial charge in [-0.1, -0.05) is 196 Å². The lowest BCUT2D eigenvalue weighted by atomic mass is 9.70. The molecule has 9 aromatic rings. The summed E-state index contributed by atoms with van der Waals surface area (Å²) in [5.74, 6) is 0. The number of hydrogen-bond donors (Lipinski definition) is 0. The highest BCUT2D eigenvalue weighted by atomic mass is 15.1. The third-order valence-corrected chi connectivity index (χ3v) is 14.9. The Morgan fingerprint density at radius 2 is 0.769 bits per heavy atom. The van der Waals surface area contributed by atoms with E-state index >= 15 is 0 Å². The maximum absolute atomic E-state index is 2.53. The first-order chi connectivity index (χ1) is 32.0. The van der Waals surface area contributed by atoms with Gasteiger partial charge < -0.3 is 4.90 Å². The summed E-state index contributed by atoms with van der Waals surface area (Å²) in [6.45, 7) is 4.82. The molecule has 0 saturated heterocycles. The van der Waals surface area contributed by atoms with Crippen LogP contribution in [-0.4, -0.2) is 0 Å². The van der Waals surface area contributed by atoms with E-state index in [1.54, 1.807) is 0 Å². The van der Waals surface area contributed by atoms with Gasteiger partial charge in [0.1, 0.15) is 0 Å². The van der Waals surface area contributed by atoms with Gasteiger partial charge in [-0.15, -0.1) is 0 Å². The second kappa shape index (κ2) is 14.4. The van der Waals surface area contributed by atoms with Gasteiger partial charge in [-0.2, -0.15) is 0 Å². The minimum absolute atomic E-state index is 0.0877. The van der Waals surface area contributed by atoms with Gasteiger partial charge in [0.25, 0.3) is 0 Å². The van der Waals surface area contributed by atoms with Crippen molar-refractivity contribution in [1.29, 1.82) is 0 Å². The van der Waals surface area contributed by atoms with Crippen molar-refractivity contribution in [1.82, 2.24) is 0 Å². The summed E-state index contributed by atoms with van der Waals surface area (Å²) >= 11 is 0. The topological polar surface area (TPSA) is 3.24 Å². The Morgan fingerprint density at radius 1 is 0.323 bits per heavy atom. The van der Waals surface area contributed by atoms with Crippen molar-refractivity contribution < 1.29 is 0 Å². The molecule has 0 aromatic heterocycles. The van der Waals surface area contributed by atoms with Gasteiger partial charge in [-0.25, -0.2) is 0 Å². The molecule has 0 saturated carbocycles. The Kier molecular flexibility index (Phi) is 8.37. The Labute approximate surface area is 382 Å². The van der Waals surface area contributed by atoms with E-state index in [0.717, 1.165) is 24.2 Å². The van der Waals surface area contributed by atoms with Gasteiger partial charge in [0.2, 0.25) is 0 Å². The zero-order valence-corrected chi connectivity index (χ0v) is 36.7.